The van der Waals surface area contributed by atoms with Crippen molar-refractivity contribution in [1.82, 2.24) is 20.1 Å². The van der Waals surface area contributed by atoms with Crippen LogP contribution in [0.4, 0.5) is 0 Å². The molecule has 2 aromatic rings. The van der Waals surface area contributed by atoms with Gasteiger partial charge in [-0.25, -0.2) is 0 Å². The standard InChI is InChI=1S/C23H30N4O3/c1-16-17(2)21(30-4)8-7-19(16)15-27-11-10-25-23(29)20(27)12-22(28)26(3)14-18-6-5-9-24-13-18/h5-9,13,20H,10-12,14-15H2,1-4H3,(H,25,29)/t20-/m0/s1. The van der Waals surface area contributed by atoms with Crippen molar-refractivity contribution in [3.63, 3.8) is 0 Å². The van der Waals surface area contributed by atoms with E-state index in [9.17, 15) is 9.59 Å². The van der Waals surface area contributed by atoms with Crippen LogP contribution >= 0.6 is 0 Å². The number of rotatable bonds is 7. The first-order valence-electron chi connectivity index (χ1n) is 10.2. The summed E-state index contributed by atoms with van der Waals surface area (Å²) < 4.78 is 5.40. The van der Waals surface area contributed by atoms with E-state index >= 15 is 0 Å². The van der Waals surface area contributed by atoms with Crippen LogP contribution in [0.2, 0.25) is 0 Å². The number of piperazine rings is 1. The van der Waals surface area contributed by atoms with Crippen molar-refractivity contribution in [2.45, 2.75) is 39.4 Å². The Bertz CT molecular complexity index is 901. The zero-order valence-corrected chi connectivity index (χ0v) is 18.1. The lowest BCUT2D eigenvalue weighted by atomic mass is 10.00. The van der Waals surface area contributed by atoms with Crippen molar-refractivity contribution in [1.29, 1.82) is 0 Å². The SMILES string of the molecule is COc1ccc(CN2CCNC(=O)[C@@H]2CC(=O)N(C)Cc2cccnc2)c(C)c1C. The lowest BCUT2D eigenvalue weighted by Crippen LogP contribution is -2.56. The summed E-state index contributed by atoms with van der Waals surface area (Å²) in [5.74, 6) is 0.706. The molecular formula is C23H30N4O3. The van der Waals surface area contributed by atoms with E-state index in [2.05, 4.69) is 22.1 Å². The van der Waals surface area contributed by atoms with Crippen molar-refractivity contribution >= 4 is 11.8 Å². The number of carbonyl (C=O) groups is 2. The van der Waals surface area contributed by atoms with E-state index < -0.39 is 6.04 Å². The van der Waals surface area contributed by atoms with Crippen molar-refractivity contribution in [3.05, 3.63) is 58.9 Å². The van der Waals surface area contributed by atoms with E-state index in [4.69, 9.17) is 4.74 Å². The molecule has 0 aliphatic carbocycles. The van der Waals surface area contributed by atoms with Crippen LogP contribution in [0.5, 0.6) is 5.75 Å². The molecule has 160 valence electrons. The van der Waals surface area contributed by atoms with Crippen molar-refractivity contribution in [2.75, 3.05) is 27.2 Å². The molecule has 1 aliphatic heterocycles. The number of methoxy groups -OCH3 is 1. The summed E-state index contributed by atoms with van der Waals surface area (Å²) in [4.78, 5) is 33.3. The summed E-state index contributed by atoms with van der Waals surface area (Å²) in [6, 6.07) is 7.31. The van der Waals surface area contributed by atoms with Crippen molar-refractivity contribution in [2.24, 2.45) is 0 Å². The molecule has 1 fully saturated rings. The minimum atomic E-state index is -0.482. The Labute approximate surface area is 178 Å². The van der Waals surface area contributed by atoms with Gasteiger partial charge in [-0.2, -0.15) is 0 Å². The van der Waals surface area contributed by atoms with Crippen LogP contribution in [-0.2, 0) is 22.7 Å². The second-order valence-corrected chi connectivity index (χ2v) is 7.77. The number of amides is 2. The predicted molar refractivity (Wildman–Crippen MR) is 115 cm³/mol. The molecule has 2 amide bonds. The summed E-state index contributed by atoms with van der Waals surface area (Å²) in [5.41, 5.74) is 4.35. The summed E-state index contributed by atoms with van der Waals surface area (Å²) >= 11 is 0. The van der Waals surface area contributed by atoms with Gasteiger partial charge in [-0.15, -0.1) is 0 Å². The van der Waals surface area contributed by atoms with Crippen molar-refractivity contribution < 1.29 is 14.3 Å². The third-order valence-electron chi connectivity index (χ3n) is 5.82. The molecule has 3 rings (SSSR count). The molecule has 1 N–H and O–H groups in total. The topological polar surface area (TPSA) is 74.8 Å². The average molecular weight is 411 g/mol. The van der Waals surface area contributed by atoms with E-state index in [0.717, 1.165) is 28.0 Å². The predicted octanol–water partition coefficient (Wildman–Crippen LogP) is 2.06. The minimum Gasteiger partial charge on any atom is -0.496 e. The van der Waals surface area contributed by atoms with E-state index in [0.29, 0.717) is 26.2 Å². The quantitative estimate of drug-likeness (QED) is 0.756. The highest BCUT2D eigenvalue weighted by molar-refractivity contribution is 5.88. The van der Waals surface area contributed by atoms with Crippen LogP contribution in [0.3, 0.4) is 0 Å². The Kier molecular flexibility index (Phi) is 7.05. The Morgan fingerprint density at radius 3 is 2.80 bits per heavy atom. The number of nitrogens with zero attached hydrogens (tertiary/aromatic N) is 3. The zero-order chi connectivity index (χ0) is 21.7. The van der Waals surface area contributed by atoms with Gasteiger partial charge in [0.1, 0.15) is 5.75 Å². The Morgan fingerprint density at radius 1 is 1.30 bits per heavy atom. The lowest BCUT2D eigenvalue weighted by molar-refractivity contribution is -0.138. The van der Waals surface area contributed by atoms with Gasteiger partial charge < -0.3 is 15.0 Å². The average Bonchev–Trinajstić information content (AvgIpc) is 2.74. The van der Waals surface area contributed by atoms with Crippen LogP contribution in [0.15, 0.2) is 36.7 Å². The van der Waals surface area contributed by atoms with Crippen LogP contribution in [0.25, 0.3) is 0 Å². The smallest absolute Gasteiger partial charge is 0.237 e. The number of nitrogens with one attached hydrogen (secondary N) is 1. The first-order valence-corrected chi connectivity index (χ1v) is 10.2. The largest absolute Gasteiger partial charge is 0.496 e. The number of pyridine rings is 1. The fraction of sp³-hybridized carbons (Fsp3) is 0.435. The van der Waals surface area contributed by atoms with Crippen LogP contribution < -0.4 is 10.1 Å². The molecule has 1 aromatic heterocycles. The summed E-state index contributed by atoms with van der Waals surface area (Å²) in [6.45, 7) is 6.49. The summed E-state index contributed by atoms with van der Waals surface area (Å²) in [7, 11) is 3.43. The summed E-state index contributed by atoms with van der Waals surface area (Å²) in [6.07, 6.45) is 3.60. The number of aromatic nitrogens is 1. The Hall–Kier alpha value is -2.93. The second kappa shape index (κ2) is 9.71. The maximum Gasteiger partial charge on any atom is 0.237 e. The van der Waals surface area contributed by atoms with E-state index in [1.165, 1.54) is 0 Å². The molecular weight excluding hydrogens is 380 g/mol. The third kappa shape index (κ3) is 4.97. The van der Waals surface area contributed by atoms with Gasteiger partial charge in [-0.3, -0.25) is 19.5 Å². The molecule has 1 atom stereocenters. The minimum absolute atomic E-state index is 0.0615. The van der Waals surface area contributed by atoms with Gasteiger partial charge in [0.05, 0.1) is 19.6 Å². The van der Waals surface area contributed by atoms with Crippen molar-refractivity contribution in [3.8, 4) is 5.75 Å². The van der Waals surface area contributed by atoms with Gasteiger partial charge in [-0.05, 0) is 48.2 Å². The highest BCUT2D eigenvalue weighted by Crippen LogP contribution is 2.26. The molecule has 7 nitrogen and oxygen atoms in total. The molecule has 0 bridgehead atoms. The maximum atomic E-state index is 12.8. The first-order chi connectivity index (χ1) is 14.4. The normalized spacial score (nSPS) is 16.8. The van der Waals surface area contributed by atoms with Gasteiger partial charge in [0.2, 0.25) is 11.8 Å². The number of hydrogen-bond acceptors (Lipinski definition) is 5. The molecule has 1 aromatic carbocycles. The number of ether oxygens (including phenoxy) is 1. The summed E-state index contributed by atoms with van der Waals surface area (Å²) in [5, 5.41) is 2.90. The number of benzene rings is 1. The first kappa shape index (κ1) is 21.8. The molecule has 0 saturated carbocycles. The second-order valence-electron chi connectivity index (χ2n) is 7.77. The monoisotopic (exact) mass is 410 g/mol. The van der Waals surface area contributed by atoms with Crippen LogP contribution in [0.1, 0.15) is 28.7 Å². The molecule has 0 unspecified atom stereocenters. The van der Waals surface area contributed by atoms with E-state index in [1.807, 2.05) is 31.2 Å². The lowest BCUT2D eigenvalue weighted by Gasteiger charge is -2.36. The van der Waals surface area contributed by atoms with Gasteiger partial charge in [0, 0.05) is 45.6 Å². The van der Waals surface area contributed by atoms with E-state index in [-0.39, 0.29) is 18.2 Å². The zero-order valence-electron chi connectivity index (χ0n) is 18.1. The van der Waals surface area contributed by atoms with E-state index in [1.54, 1.807) is 31.5 Å². The van der Waals surface area contributed by atoms with Gasteiger partial charge in [0.15, 0.2) is 0 Å². The molecule has 7 heteroatoms. The fourth-order valence-electron chi connectivity index (χ4n) is 3.81. The van der Waals surface area contributed by atoms with Crippen LogP contribution in [-0.4, -0.2) is 59.9 Å². The van der Waals surface area contributed by atoms with Gasteiger partial charge in [0.25, 0.3) is 0 Å². The molecule has 1 aliphatic rings. The highest BCUT2D eigenvalue weighted by Gasteiger charge is 2.32. The van der Waals surface area contributed by atoms with Crippen LogP contribution in [0, 0.1) is 13.8 Å². The molecule has 2 heterocycles. The Morgan fingerprint density at radius 2 is 2.10 bits per heavy atom. The third-order valence-corrected chi connectivity index (χ3v) is 5.82. The van der Waals surface area contributed by atoms with Gasteiger partial charge >= 0.3 is 0 Å². The molecule has 1 saturated heterocycles. The molecule has 0 radical (unpaired) electrons. The van der Waals surface area contributed by atoms with Gasteiger partial charge in [-0.1, -0.05) is 12.1 Å². The molecule has 30 heavy (non-hydrogen) atoms. The number of carbonyl (C=O) groups excluding carboxylic acids is 2. The fourth-order valence-corrected chi connectivity index (χ4v) is 3.81. The Balaban J connectivity index is 1.71. The maximum absolute atomic E-state index is 12.8. The molecule has 0 spiro atoms. The highest BCUT2D eigenvalue weighted by atomic mass is 16.5. The number of hydrogen-bond donors (Lipinski definition) is 1.